The maximum absolute atomic E-state index is 12.9. The molecule has 1 amide bonds. The van der Waals surface area contributed by atoms with Crippen molar-refractivity contribution >= 4 is 27.9 Å². The van der Waals surface area contributed by atoms with Crippen LogP contribution in [-0.4, -0.2) is 62.9 Å². The number of aryl methyl sites for hydroxylation is 1. The van der Waals surface area contributed by atoms with Crippen molar-refractivity contribution in [3.8, 4) is 0 Å². The van der Waals surface area contributed by atoms with Gasteiger partial charge >= 0.3 is 11.9 Å². The third kappa shape index (κ3) is 6.51. The molecule has 0 bridgehead atoms. The van der Waals surface area contributed by atoms with Crippen LogP contribution in [-0.2, 0) is 33.9 Å². The van der Waals surface area contributed by atoms with Gasteiger partial charge in [-0.2, -0.15) is 4.31 Å². The zero-order valence-corrected chi connectivity index (χ0v) is 19.1. The number of nitrogens with one attached hydrogen (secondary N) is 1. The molecule has 2 rings (SSSR count). The molecule has 1 unspecified atom stereocenters. The van der Waals surface area contributed by atoms with Gasteiger partial charge in [0.05, 0.1) is 12.0 Å². The van der Waals surface area contributed by atoms with Crippen LogP contribution < -0.4 is 5.32 Å². The molecule has 0 spiro atoms. The van der Waals surface area contributed by atoms with Gasteiger partial charge < -0.3 is 14.8 Å². The Bertz CT molecular complexity index is 897. The maximum Gasteiger partial charge on any atom is 0.328 e. The average Bonchev–Trinajstić information content (AvgIpc) is 3.22. The van der Waals surface area contributed by atoms with Gasteiger partial charge in [0.2, 0.25) is 10.0 Å². The van der Waals surface area contributed by atoms with E-state index >= 15 is 0 Å². The molecule has 1 aromatic carbocycles. The first-order valence-electron chi connectivity index (χ1n) is 10.2. The molecule has 172 valence electrons. The minimum Gasteiger partial charge on any atom is -0.467 e. The lowest BCUT2D eigenvalue weighted by atomic mass is 10.0. The number of nitrogens with zero attached hydrogens (tertiary/aromatic N) is 1. The second-order valence-corrected chi connectivity index (χ2v) is 9.86. The Morgan fingerprint density at radius 2 is 1.84 bits per heavy atom. The van der Waals surface area contributed by atoms with Crippen molar-refractivity contribution in [3.05, 3.63) is 29.8 Å². The number of benzene rings is 1. The number of esters is 2. The molecule has 1 N–H and O–H groups in total. The van der Waals surface area contributed by atoms with E-state index < -0.39 is 46.6 Å². The van der Waals surface area contributed by atoms with Gasteiger partial charge in [0, 0.05) is 6.54 Å². The largest absolute Gasteiger partial charge is 0.467 e. The summed E-state index contributed by atoms with van der Waals surface area (Å²) in [6.07, 6.45) is 1.19. The van der Waals surface area contributed by atoms with Gasteiger partial charge in [0.25, 0.3) is 5.91 Å². The first-order valence-corrected chi connectivity index (χ1v) is 11.6. The summed E-state index contributed by atoms with van der Waals surface area (Å²) in [6, 6.07) is 4.54. The lowest BCUT2D eigenvalue weighted by Crippen LogP contribution is -2.45. The summed E-state index contributed by atoms with van der Waals surface area (Å²) in [5.74, 6) is -1.90. The quantitative estimate of drug-likeness (QED) is 0.560. The highest BCUT2D eigenvalue weighted by atomic mass is 32.2. The van der Waals surface area contributed by atoms with Gasteiger partial charge in [0.1, 0.15) is 12.1 Å². The molecule has 31 heavy (non-hydrogen) atoms. The molecule has 0 saturated carbocycles. The number of carbonyl (C=O) groups is 3. The molecule has 9 nitrogen and oxygen atoms in total. The third-order valence-electron chi connectivity index (χ3n) is 4.98. The normalized spacial score (nSPS) is 17.9. The number of methoxy groups -OCH3 is 1. The molecule has 1 fully saturated rings. The zero-order chi connectivity index (χ0) is 23.2. The average molecular weight is 455 g/mol. The Labute approximate surface area is 183 Å². The van der Waals surface area contributed by atoms with E-state index in [1.165, 1.54) is 19.2 Å². The van der Waals surface area contributed by atoms with Gasteiger partial charge in [-0.15, -0.1) is 0 Å². The van der Waals surface area contributed by atoms with Crippen LogP contribution in [0.2, 0.25) is 0 Å². The second-order valence-electron chi connectivity index (χ2n) is 7.97. The van der Waals surface area contributed by atoms with Crippen molar-refractivity contribution in [2.45, 2.75) is 57.0 Å². The first kappa shape index (κ1) is 24.8. The van der Waals surface area contributed by atoms with E-state index in [2.05, 4.69) is 10.1 Å². The van der Waals surface area contributed by atoms with Crippen LogP contribution in [0.25, 0.3) is 0 Å². The molecule has 1 saturated heterocycles. The molecular weight excluding hydrogens is 424 g/mol. The van der Waals surface area contributed by atoms with Crippen LogP contribution in [0.15, 0.2) is 29.2 Å². The topological polar surface area (TPSA) is 119 Å². The van der Waals surface area contributed by atoms with Crippen LogP contribution in [0.4, 0.5) is 0 Å². The number of hydrogen-bond acceptors (Lipinski definition) is 7. The predicted octanol–water partition coefficient (Wildman–Crippen LogP) is 1.40. The van der Waals surface area contributed by atoms with E-state index in [0.717, 1.165) is 9.87 Å². The Morgan fingerprint density at radius 3 is 2.42 bits per heavy atom. The standard InChI is InChI=1S/C21H30N2O7S/c1-14(2)12-17(20(25)29-4)22-19(24)13-30-21(26)18-6-5-11-23(18)31(27,28)16-9-7-15(3)8-10-16/h7-10,14,17-18H,5-6,11-13H2,1-4H3,(H,22,24)/t17?,18-/m0/s1. The van der Waals surface area contributed by atoms with Gasteiger partial charge in [-0.3, -0.25) is 9.59 Å². The summed E-state index contributed by atoms with van der Waals surface area (Å²) in [7, 11) is -2.64. The molecule has 1 aromatic rings. The Morgan fingerprint density at radius 1 is 1.19 bits per heavy atom. The first-order chi connectivity index (χ1) is 14.6. The van der Waals surface area contributed by atoms with Crippen LogP contribution in [0, 0.1) is 12.8 Å². The SMILES string of the molecule is COC(=O)C(CC(C)C)NC(=O)COC(=O)[C@@H]1CCCN1S(=O)(=O)c1ccc(C)cc1. The van der Waals surface area contributed by atoms with E-state index in [9.17, 15) is 22.8 Å². The number of sulfonamides is 1. The molecular formula is C21H30N2O7S. The summed E-state index contributed by atoms with van der Waals surface area (Å²) < 4.78 is 36.8. The van der Waals surface area contributed by atoms with Crippen molar-refractivity contribution < 1.29 is 32.3 Å². The highest BCUT2D eigenvalue weighted by molar-refractivity contribution is 7.89. The second kappa shape index (κ2) is 10.7. The van der Waals surface area contributed by atoms with Crippen molar-refractivity contribution in [1.29, 1.82) is 0 Å². The molecule has 0 aliphatic carbocycles. The summed E-state index contributed by atoms with van der Waals surface area (Å²) in [5.41, 5.74) is 0.921. The number of rotatable bonds is 9. The highest BCUT2D eigenvalue weighted by Gasteiger charge is 2.40. The molecule has 1 heterocycles. The van der Waals surface area contributed by atoms with E-state index in [-0.39, 0.29) is 17.4 Å². The van der Waals surface area contributed by atoms with Crippen molar-refractivity contribution in [2.75, 3.05) is 20.3 Å². The summed E-state index contributed by atoms with van der Waals surface area (Å²) in [4.78, 5) is 36.6. The third-order valence-corrected chi connectivity index (χ3v) is 6.90. The monoisotopic (exact) mass is 454 g/mol. The van der Waals surface area contributed by atoms with Gasteiger partial charge in [0.15, 0.2) is 6.61 Å². The zero-order valence-electron chi connectivity index (χ0n) is 18.3. The van der Waals surface area contributed by atoms with E-state index in [0.29, 0.717) is 19.3 Å². The van der Waals surface area contributed by atoms with E-state index in [4.69, 9.17) is 4.74 Å². The number of carbonyl (C=O) groups excluding carboxylic acids is 3. The summed E-state index contributed by atoms with van der Waals surface area (Å²) in [5, 5.41) is 2.50. The summed E-state index contributed by atoms with van der Waals surface area (Å²) >= 11 is 0. The fourth-order valence-electron chi connectivity index (χ4n) is 3.41. The van der Waals surface area contributed by atoms with E-state index in [1.807, 2.05) is 20.8 Å². The maximum atomic E-state index is 12.9. The molecule has 1 aliphatic rings. The highest BCUT2D eigenvalue weighted by Crippen LogP contribution is 2.27. The minimum atomic E-state index is -3.86. The minimum absolute atomic E-state index is 0.102. The van der Waals surface area contributed by atoms with Gasteiger partial charge in [-0.25, -0.2) is 13.2 Å². The Balaban J connectivity index is 2.00. The van der Waals surface area contributed by atoms with Crippen molar-refractivity contribution in [2.24, 2.45) is 5.92 Å². The smallest absolute Gasteiger partial charge is 0.328 e. The Hall–Kier alpha value is -2.46. The number of hydrogen-bond donors (Lipinski definition) is 1. The van der Waals surface area contributed by atoms with Crippen LogP contribution in [0.1, 0.15) is 38.7 Å². The molecule has 0 aromatic heterocycles. The van der Waals surface area contributed by atoms with E-state index in [1.54, 1.807) is 12.1 Å². The number of amides is 1. The predicted molar refractivity (Wildman–Crippen MR) is 112 cm³/mol. The van der Waals surface area contributed by atoms with Gasteiger partial charge in [-0.1, -0.05) is 31.5 Å². The fourth-order valence-corrected chi connectivity index (χ4v) is 5.05. The Kier molecular flexibility index (Phi) is 8.58. The lowest BCUT2D eigenvalue weighted by Gasteiger charge is -2.23. The fraction of sp³-hybridized carbons (Fsp3) is 0.571. The van der Waals surface area contributed by atoms with Crippen LogP contribution in [0.3, 0.4) is 0 Å². The van der Waals surface area contributed by atoms with Crippen molar-refractivity contribution in [3.63, 3.8) is 0 Å². The molecule has 10 heteroatoms. The van der Waals surface area contributed by atoms with Gasteiger partial charge in [-0.05, 0) is 44.2 Å². The van der Waals surface area contributed by atoms with Crippen LogP contribution >= 0.6 is 0 Å². The van der Waals surface area contributed by atoms with Crippen LogP contribution in [0.5, 0.6) is 0 Å². The molecule has 2 atom stereocenters. The lowest BCUT2D eigenvalue weighted by molar-refractivity contribution is -0.152. The summed E-state index contributed by atoms with van der Waals surface area (Å²) in [6.45, 7) is 5.22. The molecule has 0 radical (unpaired) electrons. The van der Waals surface area contributed by atoms with Crippen molar-refractivity contribution in [1.82, 2.24) is 9.62 Å². The number of ether oxygens (including phenoxy) is 2. The molecule has 1 aliphatic heterocycles.